The van der Waals surface area contributed by atoms with Crippen LogP contribution in [0.4, 0.5) is 0 Å². The Morgan fingerprint density at radius 1 is 1.13 bits per heavy atom. The molecule has 0 saturated carbocycles. The summed E-state index contributed by atoms with van der Waals surface area (Å²) in [6.07, 6.45) is 2.93. The molecule has 0 bridgehead atoms. The van der Waals surface area contributed by atoms with Gasteiger partial charge in [0, 0.05) is 12.6 Å². The first-order chi connectivity index (χ1) is 7.45. The molecule has 2 atom stereocenters. The van der Waals surface area contributed by atoms with Crippen LogP contribution in [0, 0.1) is 0 Å². The van der Waals surface area contributed by atoms with Crippen LogP contribution < -0.4 is 0 Å². The number of rotatable bonds is 1. The second kappa shape index (κ2) is 3.95. The van der Waals surface area contributed by atoms with E-state index in [-0.39, 0.29) is 0 Å². The Labute approximate surface area is 90.8 Å². The number of benzene rings is 1. The normalized spacial score (nSPS) is 31.5. The van der Waals surface area contributed by atoms with Crippen molar-refractivity contribution in [2.75, 3.05) is 19.7 Å². The van der Waals surface area contributed by atoms with Gasteiger partial charge in [-0.1, -0.05) is 30.3 Å². The molecule has 2 saturated heterocycles. The lowest BCUT2D eigenvalue weighted by Crippen LogP contribution is -2.42. The lowest BCUT2D eigenvalue weighted by atomic mass is 9.99. The molecule has 15 heavy (non-hydrogen) atoms. The van der Waals surface area contributed by atoms with Gasteiger partial charge in [-0.2, -0.15) is 0 Å². The number of hydrogen-bond acceptors (Lipinski definition) is 2. The van der Waals surface area contributed by atoms with Gasteiger partial charge in [0.25, 0.3) is 0 Å². The third-order valence-corrected chi connectivity index (χ3v) is 3.57. The zero-order valence-electron chi connectivity index (χ0n) is 8.93. The minimum absolute atomic E-state index is 0.308. The van der Waals surface area contributed by atoms with Crippen molar-refractivity contribution in [1.29, 1.82) is 0 Å². The Morgan fingerprint density at radius 3 is 2.87 bits per heavy atom. The Balaban J connectivity index is 1.85. The molecule has 2 aliphatic rings. The first-order valence-electron chi connectivity index (χ1n) is 5.86. The summed E-state index contributed by atoms with van der Waals surface area (Å²) >= 11 is 0. The second-order valence-electron chi connectivity index (χ2n) is 4.45. The highest BCUT2D eigenvalue weighted by molar-refractivity contribution is 5.20. The van der Waals surface area contributed by atoms with E-state index in [0.717, 1.165) is 13.2 Å². The van der Waals surface area contributed by atoms with Gasteiger partial charge in [-0.05, 0) is 24.9 Å². The molecular formula is C13H17NO. The van der Waals surface area contributed by atoms with Gasteiger partial charge in [-0.25, -0.2) is 0 Å². The van der Waals surface area contributed by atoms with Crippen LogP contribution in [0.1, 0.15) is 24.5 Å². The fourth-order valence-electron chi connectivity index (χ4n) is 2.84. The van der Waals surface area contributed by atoms with Crippen LogP contribution in [-0.2, 0) is 4.74 Å². The Morgan fingerprint density at radius 2 is 2.00 bits per heavy atom. The molecule has 2 nitrogen and oxygen atoms in total. The molecule has 0 spiro atoms. The van der Waals surface area contributed by atoms with Crippen molar-refractivity contribution >= 4 is 0 Å². The molecule has 3 rings (SSSR count). The monoisotopic (exact) mass is 203 g/mol. The minimum Gasteiger partial charge on any atom is -0.371 e. The lowest BCUT2D eigenvalue weighted by molar-refractivity contribution is -0.0571. The predicted molar refractivity (Wildman–Crippen MR) is 59.7 cm³/mol. The molecule has 0 aromatic heterocycles. The van der Waals surface area contributed by atoms with Gasteiger partial charge in [0.05, 0.1) is 12.7 Å². The van der Waals surface area contributed by atoms with Crippen molar-refractivity contribution in [2.24, 2.45) is 0 Å². The predicted octanol–water partition coefficient (Wildman–Crippen LogP) is 2.22. The quantitative estimate of drug-likeness (QED) is 0.694. The highest BCUT2D eigenvalue weighted by Gasteiger charge is 2.36. The van der Waals surface area contributed by atoms with E-state index in [1.165, 1.54) is 24.9 Å². The number of fused-ring (bicyclic) bond motifs is 1. The summed E-state index contributed by atoms with van der Waals surface area (Å²) in [6, 6.07) is 11.3. The fraction of sp³-hybridized carbons (Fsp3) is 0.538. The van der Waals surface area contributed by atoms with Crippen LogP contribution in [0.2, 0.25) is 0 Å². The van der Waals surface area contributed by atoms with Gasteiger partial charge >= 0.3 is 0 Å². The lowest BCUT2D eigenvalue weighted by Gasteiger charge is -2.36. The molecule has 0 N–H and O–H groups in total. The molecular weight excluding hydrogens is 186 g/mol. The molecule has 0 amide bonds. The van der Waals surface area contributed by atoms with Gasteiger partial charge in [0.15, 0.2) is 0 Å². The van der Waals surface area contributed by atoms with E-state index >= 15 is 0 Å². The molecule has 1 aromatic carbocycles. The number of ether oxygens (including phenoxy) is 1. The Kier molecular flexibility index (Phi) is 2.47. The summed E-state index contributed by atoms with van der Waals surface area (Å²) in [7, 11) is 0. The van der Waals surface area contributed by atoms with Crippen molar-refractivity contribution in [1.82, 2.24) is 4.90 Å². The van der Waals surface area contributed by atoms with Gasteiger partial charge in [0.2, 0.25) is 0 Å². The first-order valence-corrected chi connectivity index (χ1v) is 5.86. The van der Waals surface area contributed by atoms with Gasteiger partial charge in [-0.3, -0.25) is 4.90 Å². The average Bonchev–Trinajstić information content (AvgIpc) is 2.78. The topological polar surface area (TPSA) is 12.5 Å². The van der Waals surface area contributed by atoms with Gasteiger partial charge in [0.1, 0.15) is 0 Å². The van der Waals surface area contributed by atoms with Crippen LogP contribution in [0.25, 0.3) is 0 Å². The number of hydrogen-bond donors (Lipinski definition) is 0. The highest BCUT2D eigenvalue weighted by atomic mass is 16.5. The number of nitrogens with zero attached hydrogens (tertiary/aromatic N) is 1. The highest BCUT2D eigenvalue weighted by Crippen LogP contribution is 2.34. The summed E-state index contributed by atoms with van der Waals surface area (Å²) in [5.74, 6) is 0. The first kappa shape index (κ1) is 9.37. The average molecular weight is 203 g/mol. The third-order valence-electron chi connectivity index (χ3n) is 3.57. The van der Waals surface area contributed by atoms with E-state index in [9.17, 15) is 0 Å². The largest absolute Gasteiger partial charge is 0.371 e. The van der Waals surface area contributed by atoms with Crippen molar-refractivity contribution < 1.29 is 4.74 Å². The summed E-state index contributed by atoms with van der Waals surface area (Å²) in [6.45, 7) is 3.27. The van der Waals surface area contributed by atoms with Crippen LogP contribution in [0.3, 0.4) is 0 Å². The third kappa shape index (κ3) is 1.68. The Hall–Kier alpha value is -0.860. The van der Waals surface area contributed by atoms with Crippen LogP contribution in [0.15, 0.2) is 30.3 Å². The SMILES string of the molecule is c1ccc([C@H]2OCCN3CCC[C@H]23)cc1. The van der Waals surface area contributed by atoms with E-state index in [1.807, 2.05) is 0 Å². The molecule has 0 unspecified atom stereocenters. The van der Waals surface area contributed by atoms with Gasteiger partial charge in [-0.15, -0.1) is 0 Å². The maximum atomic E-state index is 5.94. The molecule has 2 fully saturated rings. The molecule has 0 aliphatic carbocycles. The zero-order valence-corrected chi connectivity index (χ0v) is 8.93. The van der Waals surface area contributed by atoms with E-state index < -0.39 is 0 Å². The Bertz CT molecular complexity index is 325. The molecule has 2 aliphatic heterocycles. The van der Waals surface area contributed by atoms with Crippen LogP contribution in [-0.4, -0.2) is 30.6 Å². The van der Waals surface area contributed by atoms with E-state index in [1.54, 1.807) is 0 Å². The fourth-order valence-corrected chi connectivity index (χ4v) is 2.84. The van der Waals surface area contributed by atoms with Crippen molar-refractivity contribution in [3.63, 3.8) is 0 Å². The van der Waals surface area contributed by atoms with Crippen LogP contribution >= 0.6 is 0 Å². The van der Waals surface area contributed by atoms with E-state index in [0.29, 0.717) is 12.1 Å². The maximum Gasteiger partial charge on any atom is 0.0980 e. The second-order valence-corrected chi connectivity index (χ2v) is 4.45. The number of morpholine rings is 1. The minimum atomic E-state index is 0.308. The van der Waals surface area contributed by atoms with Crippen molar-refractivity contribution in [3.8, 4) is 0 Å². The summed E-state index contributed by atoms with van der Waals surface area (Å²) in [5, 5.41) is 0. The van der Waals surface area contributed by atoms with Crippen molar-refractivity contribution in [3.05, 3.63) is 35.9 Å². The summed E-state index contributed by atoms with van der Waals surface area (Å²) in [5.41, 5.74) is 1.34. The van der Waals surface area contributed by atoms with E-state index in [4.69, 9.17) is 4.74 Å². The zero-order chi connectivity index (χ0) is 10.1. The summed E-state index contributed by atoms with van der Waals surface area (Å²) in [4.78, 5) is 2.58. The molecule has 2 heterocycles. The smallest absolute Gasteiger partial charge is 0.0980 e. The maximum absolute atomic E-state index is 5.94. The standard InChI is InChI=1S/C13H17NO/c1-2-5-11(6-3-1)13-12-7-4-8-14(12)9-10-15-13/h1-3,5-6,12-13H,4,7-10H2/t12-,13-/m1/s1. The van der Waals surface area contributed by atoms with Crippen molar-refractivity contribution in [2.45, 2.75) is 25.0 Å². The van der Waals surface area contributed by atoms with E-state index in [2.05, 4.69) is 35.2 Å². The molecule has 1 aromatic rings. The molecule has 80 valence electrons. The van der Waals surface area contributed by atoms with Crippen LogP contribution in [0.5, 0.6) is 0 Å². The summed E-state index contributed by atoms with van der Waals surface area (Å²) < 4.78 is 5.94. The molecule has 0 radical (unpaired) electrons. The molecule has 2 heteroatoms. The van der Waals surface area contributed by atoms with Gasteiger partial charge < -0.3 is 4.74 Å².